The van der Waals surface area contributed by atoms with Crippen LogP contribution in [0.15, 0.2) is 18.2 Å². The highest BCUT2D eigenvalue weighted by Crippen LogP contribution is 2.18. The van der Waals surface area contributed by atoms with Gasteiger partial charge < -0.3 is 10.6 Å². The third-order valence-corrected chi connectivity index (χ3v) is 2.26. The highest BCUT2D eigenvalue weighted by molar-refractivity contribution is 5.90. The molecule has 15 heavy (non-hydrogen) atoms. The molecule has 2 N–H and O–H groups in total. The van der Waals surface area contributed by atoms with Gasteiger partial charge in [-0.15, -0.1) is 0 Å². The number of rotatable bonds is 3. The molecule has 0 aliphatic rings. The molecule has 0 aliphatic carbocycles. The van der Waals surface area contributed by atoms with Gasteiger partial charge in [0.1, 0.15) is 0 Å². The van der Waals surface area contributed by atoms with Crippen LogP contribution in [-0.4, -0.2) is 12.6 Å². The van der Waals surface area contributed by atoms with E-state index in [0.717, 1.165) is 23.2 Å². The van der Waals surface area contributed by atoms with E-state index >= 15 is 0 Å². The molecule has 0 bridgehead atoms. The molecule has 2 amide bonds. The van der Waals surface area contributed by atoms with E-state index in [1.807, 2.05) is 39.0 Å². The summed E-state index contributed by atoms with van der Waals surface area (Å²) in [6, 6.07) is 5.83. The van der Waals surface area contributed by atoms with Gasteiger partial charge >= 0.3 is 6.03 Å². The van der Waals surface area contributed by atoms with Gasteiger partial charge in [0.2, 0.25) is 0 Å². The average Bonchev–Trinajstić information content (AvgIpc) is 2.21. The SMILES string of the molecule is CCCNC(=O)Nc1c(C)cccc1C. The van der Waals surface area contributed by atoms with Crippen LogP contribution in [0.5, 0.6) is 0 Å². The Morgan fingerprint density at radius 3 is 2.40 bits per heavy atom. The van der Waals surface area contributed by atoms with Gasteiger partial charge in [0.25, 0.3) is 0 Å². The molecule has 1 aromatic rings. The summed E-state index contributed by atoms with van der Waals surface area (Å²) in [6.45, 7) is 6.71. The first-order valence-corrected chi connectivity index (χ1v) is 5.26. The number of benzene rings is 1. The summed E-state index contributed by atoms with van der Waals surface area (Å²) < 4.78 is 0. The van der Waals surface area contributed by atoms with E-state index in [0.29, 0.717) is 6.54 Å². The quantitative estimate of drug-likeness (QED) is 0.784. The van der Waals surface area contributed by atoms with Crippen molar-refractivity contribution >= 4 is 11.7 Å². The van der Waals surface area contributed by atoms with Crippen LogP contribution in [-0.2, 0) is 0 Å². The number of aryl methyl sites for hydroxylation is 2. The molecule has 3 nitrogen and oxygen atoms in total. The van der Waals surface area contributed by atoms with Crippen molar-refractivity contribution in [2.24, 2.45) is 0 Å². The zero-order valence-corrected chi connectivity index (χ0v) is 9.55. The Bertz CT molecular complexity index is 327. The molecule has 0 fully saturated rings. The van der Waals surface area contributed by atoms with Crippen LogP contribution >= 0.6 is 0 Å². The van der Waals surface area contributed by atoms with Crippen molar-refractivity contribution < 1.29 is 4.79 Å². The lowest BCUT2D eigenvalue weighted by atomic mass is 10.1. The number of hydrogen-bond acceptors (Lipinski definition) is 1. The lowest BCUT2D eigenvalue weighted by molar-refractivity contribution is 0.252. The summed E-state index contributed by atoms with van der Waals surface area (Å²) in [4.78, 5) is 11.5. The molecule has 0 spiro atoms. The van der Waals surface area contributed by atoms with E-state index in [1.54, 1.807) is 0 Å². The third kappa shape index (κ3) is 3.27. The number of hydrogen-bond donors (Lipinski definition) is 2. The van der Waals surface area contributed by atoms with Gasteiger partial charge in [-0.2, -0.15) is 0 Å². The lowest BCUT2D eigenvalue weighted by Crippen LogP contribution is -2.29. The lowest BCUT2D eigenvalue weighted by Gasteiger charge is -2.11. The summed E-state index contributed by atoms with van der Waals surface area (Å²) in [5, 5.41) is 5.65. The fourth-order valence-electron chi connectivity index (χ4n) is 1.41. The number of anilines is 1. The molecule has 0 saturated carbocycles. The summed E-state index contributed by atoms with van der Waals surface area (Å²) in [5.41, 5.74) is 3.08. The minimum atomic E-state index is -0.130. The first-order chi connectivity index (χ1) is 7.15. The zero-order valence-electron chi connectivity index (χ0n) is 9.55. The molecule has 1 rings (SSSR count). The maximum Gasteiger partial charge on any atom is 0.319 e. The van der Waals surface area contributed by atoms with Gasteiger partial charge in [-0.25, -0.2) is 4.79 Å². The average molecular weight is 206 g/mol. The number of nitrogens with one attached hydrogen (secondary N) is 2. The molecule has 0 atom stereocenters. The molecular formula is C12H18N2O. The summed E-state index contributed by atoms with van der Waals surface area (Å²) in [6.07, 6.45) is 0.945. The Labute approximate surface area is 90.9 Å². The van der Waals surface area contributed by atoms with Crippen LogP contribution in [0.3, 0.4) is 0 Å². The van der Waals surface area contributed by atoms with Crippen LogP contribution in [0.1, 0.15) is 24.5 Å². The van der Waals surface area contributed by atoms with Crippen molar-refractivity contribution in [3.05, 3.63) is 29.3 Å². The Balaban J connectivity index is 2.68. The van der Waals surface area contributed by atoms with Crippen molar-refractivity contribution in [3.8, 4) is 0 Å². The van der Waals surface area contributed by atoms with Crippen molar-refractivity contribution in [2.75, 3.05) is 11.9 Å². The topological polar surface area (TPSA) is 41.1 Å². The van der Waals surface area contributed by atoms with E-state index in [4.69, 9.17) is 0 Å². The predicted molar refractivity (Wildman–Crippen MR) is 63.2 cm³/mol. The van der Waals surface area contributed by atoms with Crippen LogP contribution in [0.4, 0.5) is 10.5 Å². The molecular weight excluding hydrogens is 188 g/mol. The highest BCUT2D eigenvalue weighted by atomic mass is 16.2. The minimum absolute atomic E-state index is 0.130. The third-order valence-electron chi connectivity index (χ3n) is 2.26. The van der Waals surface area contributed by atoms with Crippen molar-refractivity contribution in [2.45, 2.75) is 27.2 Å². The molecule has 1 aromatic carbocycles. The first kappa shape index (κ1) is 11.6. The largest absolute Gasteiger partial charge is 0.338 e. The molecule has 0 saturated heterocycles. The Morgan fingerprint density at radius 2 is 1.87 bits per heavy atom. The van der Waals surface area contributed by atoms with E-state index in [2.05, 4.69) is 10.6 Å². The number of carbonyl (C=O) groups excluding carboxylic acids is 1. The van der Waals surface area contributed by atoms with E-state index < -0.39 is 0 Å². The predicted octanol–water partition coefficient (Wildman–Crippen LogP) is 2.83. The van der Waals surface area contributed by atoms with Gasteiger partial charge in [-0.05, 0) is 31.4 Å². The molecule has 0 aromatic heterocycles. The second-order valence-electron chi connectivity index (χ2n) is 3.65. The van der Waals surface area contributed by atoms with Gasteiger partial charge in [0.05, 0.1) is 0 Å². The zero-order chi connectivity index (χ0) is 11.3. The molecule has 0 unspecified atom stereocenters. The number of carbonyl (C=O) groups is 1. The number of para-hydroxylation sites is 1. The fraction of sp³-hybridized carbons (Fsp3) is 0.417. The Morgan fingerprint density at radius 1 is 1.27 bits per heavy atom. The highest BCUT2D eigenvalue weighted by Gasteiger charge is 2.05. The second kappa shape index (κ2) is 5.39. The van der Waals surface area contributed by atoms with Crippen LogP contribution in [0, 0.1) is 13.8 Å². The Hall–Kier alpha value is -1.51. The van der Waals surface area contributed by atoms with Gasteiger partial charge in [0.15, 0.2) is 0 Å². The van der Waals surface area contributed by atoms with Crippen molar-refractivity contribution in [1.82, 2.24) is 5.32 Å². The monoisotopic (exact) mass is 206 g/mol. The maximum absolute atomic E-state index is 11.5. The van der Waals surface area contributed by atoms with Gasteiger partial charge in [-0.1, -0.05) is 25.1 Å². The minimum Gasteiger partial charge on any atom is -0.338 e. The van der Waals surface area contributed by atoms with E-state index in [-0.39, 0.29) is 6.03 Å². The normalized spacial score (nSPS) is 9.80. The summed E-state index contributed by atoms with van der Waals surface area (Å²) in [5.74, 6) is 0. The first-order valence-electron chi connectivity index (χ1n) is 5.26. The number of urea groups is 1. The maximum atomic E-state index is 11.5. The van der Waals surface area contributed by atoms with Crippen molar-refractivity contribution in [3.63, 3.8) is 0 Å². The van der Waals surface area contributed by atoms with E-state index in [1.165, 1.54) is 0 Å². The van der Waals surface area contributed by atoms with Crippen LogP contribution in [0.2, 0.25) is 0 Å². The van der Waals surface area contributed by atoms with Crippen molar-refractivity contribution in [1.29, 1.82) is 0 Å². The summed E-state index contributed by atoms with van der Waals surface area (Å²) >= 11 is 0. The van der Waals surface area contributed by atoms with Crippen LogP contribution in [0.25, 0.3) is 0 Å². The molecule has 82 valence electrons. The smallest absolute Gasteiger partial charge is 0.319 e. The molecule has 3 heteroatoms. The molecule has 0 radical (unpaired) electrons. The Kier molecular flexibility index (Phi) is 4.16. The van der Waals surface area contributed by atoms with Gasteiger partial charge in [0, 0.05) is 12.2 Å². The molecule has 0 heterocycles. The van der Waals surface area contributed by atoms with Crippen LogP contribution < -0.4 is 10.6 Å². The van der Waals surface area contributed by atoms with Gasteiger partial charge in [-0.3, -0.25) is 0 Å². The second-order valence-corrected chi connectivity index (χ2v) is 3.65. The standard InChI is InChI=1S/C12H18N2O/c1-4-8-13-12(15)14-11-9(2)6-5-7-10(11)3/h5-7H,4,8H2,1-3H3,(H2,13,14,15). The fourth-order valence-corrected chi connectivity index (χ4v) is 1.41. The summed E-state index contributed by atoms with van der Waals surface area (Å²) in [7, 11) is 0. The van der Waals surface area contributed by atoms with E-state index in [9.17, 15) is 4.79 Å². The molecule has 0 aliphatic heterocycles. The number of amides is 2.